The van der Waals surface area contributed by atoms with Crippen molar-refractivity contribution in [1.29, 1.82) is 0 Å². The van der Waals surface area contributed by atoms with Gasteiger partial charge >= 0.3 is 0 Å². The smallest absolute Gasteiger partial charge is 0.229 e. The number of anilines is 1. The molecule has 3 aromatic rings. The largest absolute Gasteiger partial charge is 0.335 e. The molecule has 0 aliphatic carbocycles. The highest BCUT2D eigenvalue weighted by Gasteiger charge is 2.37. The van der Waals surface area contributed by atoms with Gasteiger partial charge in [0.15, 0.2) is 0 Å². The number of benzene rings is 2. The predicted molar refractivity (Wildman–Crippen MR) is 116 cm³/mol. The highest BCUT2D eigenvalue weighted by atomic mass is 32.1. The van der Waals surface area contributed by atoms with Crippen LogP contribution in [0.2, 0.25) is 0 Å². The third-order valence-electron chi connectivity index (χ3n) is 5.32. The van der Waals surface area contributed by atoms with Crippen molar-refractivity contribution in [2.24, 2.45) is 5.92 Å². The Kier molecular flexibility index (Phi) is 5.45. The fourth-order valence-electron chi connectivity index (χ4n) is 3.69. The number of thiazole rings is 1. The van der Waals surface area contributed by atoms with E-state index in [0.29, 0.717) is 6.54 Å². The van der Waals surface area contributed by atoms with E-state index in [9.17, 15) is 9.59 Å². The zero-order valence-corrected chi connectivity index (χ0v) is 17.3. The van der Waals surface area contributed by atoms with Gasteiger partial charge in [-0.2, -0.15) is 0 Å². The zero-order chi connectivity index (χ0) is 20.4. The van der Waals surface area contributed by atoms with Crippen LogP contribution >= 0.6 is 11.3 Å². The first-order valence-corrected chi connectivity index (χ1v) is 10.6. The van der Waals surface area contributed by atoms with Crippen LogP contribution in [-0.2, 0) is 9.59 Å². The predicted octanol–water partition coefficient (Wildman–Crippen LogP) is 4.67. The van der Waals surface area contributed by atoms with E-state index in [1.165, 1.54) is 0 Å². The number of hydrogen-bond donors (Lipinski definition) is 1. The lowest BCUT2D eigenvalue weighted by atomic mass is 10.1. The van der Waals surface area contributed by atoms with Gasteiger partial charge in [-0.05, 0) is 31.5 Å². The maximum atomic E-state index is 12.8. The van der Waals surface area contributed by atoms with Gasteiger partial charge in [-0.1, -0.05) is 42.5 Å². The number of carbonyl (C=O) groups is 2. The maximum Gasteiger partial charge on any atom is 0.229 e. The fraction of sp³-hybridized carbons (Fsp3) is 0.261. The van der Waals surface area contributed by atoms with E-state index in [2.05, 4.69) is 10.3 Å². The van der Waals surface area contributed by atoms with Crippen molar-refractivity contribution >= 4 is 28.8 Å². The molecule has 4 rings (SSSR count). The van der Waals surface area contributed by atoms with Crippen LogP contribution < -0.4 is 5.32 Å². The second-order valence-electron chi connectivity index (χ2n) is 7.36. The molecule has 1 fully saturated rings. The van der Waals surface area contributed by atoms with Crippen LogP contribution in [0.4, 0.5) is 5.69 Å². The number of aromatic nitrogens is 1. The molecule has 2 aromatic carbocycles. The lowest BCUT2D eigenvalue weighted by Gasteiger charge is -2.25. The summed E-state index contributed by atoms with van der Waals surface area (Å²) in [6, 6.07) is 17.5. The summed E-state index contributed by atoms with van der Waals surface area (Å²) in [4.78, 5) is 31.7. The first kappa shape index (κ1) is 19.3. The molecule has 1 aromatic heterocycles. The standard InChI is InChI=1S/C23H23N3O2S/c1-15(17-7-4-3-5-8-17)26-13-19(12-22(26)27)23(28)25-20-10-6-9-18(11-20)21-14-29-16(2)24-21/h3-11,14-15,19H,12-13H2,1-2H3,(H,25,28)/t15-,19-/m0/s1. The molecular weight excluding hydrogens is 382 g/mol. The summed E-state index contributed by atoms with van der Waals surface area (Å²) in [5.41, 5.74) is 3.67. The van der Waals surface area contributed by atoms with Crippen LogP contribution in [0.15, 0.2) is 60.0 Å². The molecule has 1 aliphatic heterocycles. The molecule has 148 valence electrons. The molecule has 0 radical (unpaired) electrons. The minimum absolute atomic E-state index is 0.0215. The van der Waals surface area contributed by atoms with Gasteiger partial charge in [0.25, 0.3) is 0 Å². The number of likely N-dealkylation sites (tertiary alicyclic amines) is 1. The van der Waals surface area contributed by atoms with E-state index in [0.717, 1.165) is 27.5 Å². The van der Waals surface area contributed by atoms with Crippen molar-refractivity contribution in [3.63, 3.8) is 0 Å². The van der Waals surface area contributed by atoms with Gasteiger partial charge < -0.3 is 10.2 Å². The Morgan fingerprint density at radius 2 is 2.00 bits per heavy atom. The molecule has 0 spiro atoms. The number of hydrogen-bond acceptors (Lipinski definition) is 4. The molecule has 1 aliphatic rings. The Morgan fingerprint density at radius 1 is 1.21 bits per heavy atom. The number of amides is 2. The Balaban J connectivity index is 1.44. The lowest BCUT2D eigenvalue weighted by Crippen LogP contribution is -2.30. The van der Waals surface area contributed by atoms with E-state index in [-0.39, 0.29) is 30.2 Å². The summed E-state index contributed by atoms with van der Waals surface area (Å²) in [5.74, 6) is -0.445. The first-order chi connectivity index (χ1) is 14.0. The number of nitrogens with one attached hydrogen (secondary N) is 1. The van der Waals surface area contributed by atoms with Crippen molar-refractivity contribution in [3.05, 3.63) is 70.5 Å². The molecule has 0 unspecified atom stereocenters. The van der Waals surface area contributed by atoms with Crippen molar-refractivity contribution in [2.45, 2.75) is 26.3 Å². The van der Waals surface area contributed by atoms with Gasteiger partial charge in [0.2, 0.25) is 11.8 Å². The SMILES string of the molecule is Cc1nc(-c2cccc(NC(=O)[C@H]3CC(=O)N([C@@H](C)c4ccccc4)C3)c2)cs1. The van der Waals surface area contributed by atoms with E-state index in [1.54, 1.807) is 16.2 Å². The third-order valence-corrected chi connectivity index (χ3v) is 6.10. The second kappa shape index (κ2) is 8.17. The van der Waals surface area contributed by atoms with Crippen LogP contribution in [0.5, 0.6) is 0 Å². The molecule has 2 atom stereocenters. The summed E-state index contributed by atoms with van der Waals surface area (Å²) >= 11 is 1.60. The van der Waals surface area contributed by atoms with Gasteiger partial charge in [-0.15, -0.1) is 11.3 Å². The lowest BCUT2D eigenvalue weighted by molar-refractivity contribution is -0.129. The van der Waals surface area contributed by atoms with Crippen molar-refractivity contribution in [1.82, 2.24) is 9.88 Å². The maximum absolute atomic E-state index is 12.8. The first-order valence-electron chi connectivity index (χ1n) is 9.69. The van der Waals surface area contributed by atoms with Gasteiger partial charge in [0, 0.05) is 29.6 Å². The summed E-state index contributed by atoms with van der Waals surface area (Å²) in [5, 5.41) is 5.99. The molecule has 1 N–H and O–H groups in total. The minimum atomic E-state index is -0.348. The highest BCUT2D eigenvalue weighted by molar-refractivity contribution is 7.09. The normalized spacial score (nSPS) is 17.4. The van der Waals surface area contributed by atoms with Gasteiger partial charge in [-0.3, -0.25) is 9.59 Å². The van der Waals surface area contributed by atoms with Crippen molar-refractivity contribution in [3.8, 4) is 11.3 Å². The number of aryl methyl sites for hydroxylation is 1. The van der Waals surface area contributed by atoms with E-state index in [1.807, 2.05) is 73.8 Å². The molecule has 0 bridgehead atoms. The van der Waals surface area contributed by atoms with Crippen LogP contribution in [0, 0.1) is 12.8 Å². The van der Waals surface area contributed by atoms with Crippen LogP contribution in [0.1, 0.15) is 30.0 Å². The average Bonchev–Trinajstić information content (AvgIpc) is 3.34. The molecule has 29 heavy (non-hydrogen) atoms. The van der Waals surface area contributed by atoms with Crippen LogP contribution in [-0.4, -0.2) is 28.2 Å². The van der Waals surface area contributed by atoms with E-state index < -0.39 is 0 Å². The van der Waals surface area contributed by atoms with Crippen molar-refractivity contribution in [2.75, 3.05) is 11.9 Å². The summed E-state index contributed by atoms with van der Waals surface area (Å²) < 4.78 is 0. The minimum Gasteiger partial charge on any atom is -0.335 e. The summed E-state index contributed by atoms with van der Waals surface area (Å²) in [7, 11) is 0. The average molecular weight is 406 g/mol. The fourth-order valence-corrected chi connectivity index (χ4v) is 4.31. The summed E-state index contributed by atoms with van der Waals surface area (Å²) in [6.45, 7) is 4.41. The highest BCUT2D eigenvalue weighted by Crippen LogP contribution is 2.30. The van der Waals surface area contributed by atoms with Crippen molar-refractivity contribution < 1.29 is 9.59 Å². The molecule has 1 saturated heterocycles. The molecule has 6 heteroatoms. The molecule has 2 amide bonds. The number of nitrogens with zero attached hydrogens (tertiary/aromatic N) is 2. The summed E-state index contributed by atoms with van der Waals surface area (Å²) in [6.07, 6.45) is 0.244. The Labute approximate surface area is 174 Å². The molecule has 2 heterocycles. The quantitative estimate of drug-likeness (QED) is 0.671. The Hall–Kier alpha value is -2.99. The second-order valence-corrected chi connectivity index (χ2v) is 8.42. The van der Waals surface area contributed by atoms with Crippen LogP contribution in [0.25, 0.3) is 11.3 Å². The third kappa shape index (κ3) is 4.22. The van der Waals surface area contributed by atoms with E-state index in [4.69, 9.17) is 0 Å². The Bertz CT molecular complexity index is 1030. The van der Waals surface area contributed by atoms with Gasteiger partial charge in [-0.25, -0.2) is 4.98 Å². The monoisotopic (exact) mass is 405 g/mol. The van der Waals surface area contributed by atoms with E-state index >= 15 is 0 Å². The molecule has 0 saturated carbocycles. The Morgan fingerprint density at radius 3 is 2.72 bits per heavy atom. The van der Waals surface area contributed by atoms with Gasteiger partial charge in [0.05, 0.1) is 22.7 Å². The van der Waals surface area contributed by atoms with Crippen LogP contribution in [0.3, 0.4) is 0 Å². The number of carbonyl (C=O) groups excluding carboxylic acids is 2. The molecule has 5 nitrogen and oxygen atoms in total. The topological polar surface area (TPSA) is 62.3 Å². The number of rotatable bonds is 5. The molecular formula is C23H23N3O2S. The zero-order valence-electron chi connectivity index (χ0n) is 16.5. The van der Waals surface area contributed by atoms with Gasteiger partial charge in [0.1, 0.15) is 0 Å².